The summed E-state index contributed by atoms with van der Waals surface area (Å²) in [4.78, 5) is 31.8. The third kappa shape index (κ3) is 4.03. The summed E-state index contributed by atoms with van der Waals surface area (Å²) in [6.07, 6.45) is -0.326. The quantitative estimate of drug-likeness (QED) is 0.755. The van der Waals surface area contributed by atoms with E-state index in [-0.39, 0.29) is 18.0 Å². The molecule has 1 atom stereocenters. The summed E-state index contributed by atoms with van der Waals surface area (Å²) in [5, 5.41) is 0.989. The molecule has 2 aromatic rings. The summed E-state index contributed by atoms with van der Waals surface area (Å²) in [6, 6.07) is 7.63. The van der Waals surface area contributed by atoms with Gasteiger partial charge >= 0.3 is 6.09 Å². The number of aromatic nitrogens is 1. The number of piperazine rings is 1. The van der Waals surface area contributed by atoms with Gasteiger partial charge in [-0.2, -0.15) is 0 Å². The zero-order valence-corrected chi connectivity index (χ0v) is 17.1. The molecule has 0 aliphatic carbocycles. The van der Waals surface area contributed by atoms with E-state index in [9.17, 15) is 9.59 Å². The Kier molecular flexibility index (Phi) is 5.01. The summed E-state index contributed by atoms with van der Waals surface area (Å²) in [6.45, 7) is 8.93. The Balaban J connectivity index is 1.69. The molecule has 2 heterocycles. The lowest BCUT2D eigenvalue weighted by Gasteiger charge is -2.40. The molecule has 1 saturated heterocycles. The van der Waals surface area contributed by atoms with Crippen molar-refractivity contribution in [3.05, 3.63) is 34.4 Å². The molecular weight excluding hydrogens is 398 g/mol. The van der Waals surface area contributed by atoms with Crippen LogP contribution >= 0.6 is 15.9 Å². The first-order valence-electron chi connectivity index (χ1n) is 8.71. The van der Waals surface area contributed by atoms with Gasteiger partial charge in [0, 0.05) is 41.1 Å². The van der Waals surface area contributed by atoms with Crippen molar-refractivity contribution in [2.75, 3.05) is 19.6 Å². The molecule has 1 aromatic carbocycles. The normalized spacial score (nSPS) is 18.3. The van der Waals surface area contributed by atoms with Crippen molar-refractivity contribution in [3.8, 4) is 0 Å². The minimum Gasteiger partial charge on any atom is -0.444 e. The van der Waals surface area contributed by atoms with Gasteiger partial charge in [0.05, 0.1) is 0 Å². The smallest absolute Gasteiger partial charge is 0.410 e. The highest BCUT2D eigenvalue weighted by molar-refractivity contribution is 9.10. The van der Waals surface area contributed by atoms with Gasteiger partial charge in [-0.05, 0) is 52.0 Å². The van der Waals surface area contributed by atoms with Crippen molar-refractivity contribution in [1.29, 1.82) is 0 Å². The Labute approximate surface area is 161 Å². The average Bonchev–Trinajstić information content (AvgIpc) is 2.95. The second-order valence-corrected chi connectivity index (χ2v) is 8.60. The van der Waals surface area contributed by atoms with E-state index in [1.807, 2.05) is 52.0 Å². The van der Waals surface area contributed by atoms with Crippen LogP contribution in [0, 0.1) is 0 Å². The number of H-pyrrole nitrogens is 1. The Hall–Kier alpha value is -2.02. The SMILES string of the molecule is C[C@H]1CN(C(=O)c2cc3cc(Br)ccc3[nH]2)CCN1C(=O)OC(C)(C)C. The summed E-state index contributed by atoms with van der Waals surface area (Å²) >= 11 is 3.45. The molecular formula is C19H24BrN3O3. The Morgan fingerprint density at radius 3 is 2.62 bits per heavy atom. The second-order valence-electron chi connectivity index (χ2n) is 7.69. The summed E-state index contributed by atoms with van der Waals surface area (Å²) in [7, 11) is 0. The van der Waals surface area contributed by atoms with Crippen LogP contribution in [0.15, 0.2) is 28.7 Å². The predicted molar refractivity (Wildman–Crippen MR) is 104 cm³/mol. The van der Waals surface area contributed by atoms with Crippen LogP contribution < -0.4 is 0 Å². The van der Waals surface area contributed by atoms with Crippen LogP contribution in [0.4, 0.5) is 4.79 Å². The fourth-order valence-electron chi connectivity index (χ4n) is 3.12. The number of carbonyl (C=O) groups excluding carboxylic acids is 2. The molecule has 1 N–H and O–H groups in total. The molecule has 0 bridgehead atoms. The Morgan fingerprint density at radius 1 is 1.23 bits per heavy atom. The number of aromatic amines is 1. The first kappa shape index (κ1) is 18.8. The molecule has 1 aliphatic heterocycles. The van der Waals surface area contributed by atoms with Crippen LogP contribution in [0.3, 0.4) is 0 Å². The lowest BCUT2D eigenvalue weighted by molar-refractivity contribution is 0.00192. The van der Waals surface area contributed by atoms with Crippen molar-refractivity contribution in [2.45, 2.75) is 39.3 Å². The van der Waals surface area contributed by atoms with Crippen LogP contribution in [0.1, 0.15) is 38.2 Å². The van der Waals surface area contributed by atoms with Gasteiger partial charge in [-0.3, -0.25) is 4.79 Å². The standard InChI is InChI=1S/C19H24BrN3O3/c1-12-11-22(7-8-23(12)18(25)26-19(2,3)4)17(24)16-10-13-9-14(20)5-6-15(13)21-16/h5-6,9-10,12,21H,7-8,11H2,1-4H3/t12-/m0/s1. The number of amides is 2. The van der Waals surface area contributed by atoms with Crippen LogP contribution in [0.2, 0.25) is 0 Å². The lowest BCUT2D eigenvalue weighted by atomic mass is 10.1. The largest absolute Gasteiger partial charge is 0.444 e. The lowest BCUT2D eigenvalue weighted by Crippen LogP contribution is -2.56. The van der Waals surface area contributed by atoms with Crippen molar-refractivity contribution >= 4 is 38.8 Å². The topological polar surface area (TPSA) is 65.6 Å². The van der Waals surface area contributed by atoms with E-state index >= 15 is 0 Å². The summed E-state index contributed by atoms with van der Waals surface area (Å²) < 4.78 is 6.43. The van der Waals surface area contributed by atoms with Gasteiger partial charge in [-0.25, -0.2) is 4.79 Å². The number of nitrogens with zero attached hydrogens (tertiary/aromatic N) is 2. The molecule has 1 fully saturated rings. The predicted octanol–water partition coefficient (Wildman–Crippen LogP) is 4.01. The number of fused-ring (bicyclic) bond motifs is 1. The highest BCUT2D eigenvalue weighted by atomic mass is 79.9. The van der Waals surface area contributed by atoms with E-state index in [0.717, 1.165) is 15.4 Å². The van der Waals surface area contributed by atoms with Crippen LogP contribution in [-0.2, 0) is 4.74 Å². The number of hydrogen-bond donors (Lipinski definition) is 1. The number of carbonyl (C=O) groups is 2. The van der Waals surface area contributed by atoms with Gasteiger partial charge in [-0.15, -0.1) is 0 Å². The average molecular weight is 422 g/mol. The minimum absolute atomic E-state index is 0.0481. The first-order valence-corrected chi connectivity index (χ1v) is 9.50. The molecule has 0 spiro atoms. The molecule has 0 radical (unpaired) electrons. The monoisotopic (exact) mass is 421 g/mol. The highest BCUT2D eigenvalue weighted by Crippen LogP contribution is 2.22. The third-order valence-corrected chi connectivity index (χ3v) is 4.85. The van der Waals surface area contributed by atoms with Crippen LogP contribution in [0.25, 0.3) is 10.9 Å². The fourth-order valence-corrected chi connectivity index (χ4v) is 3.50. The Bertz CT molecular complexity index is 840. The molecule has 3 rings (SSSR count). The molecule has 0 unspecified atom stereocenters. The first-order chi connectivity index (χ1) is 12.1. The zero-order chi connectivity index (χ0) is 19.1. The van der Waals surface area contributed by atoms with E-state index < -0.39 is 5.60 Å². The summed E-state index contributed by atoms with van der Waals surface area (Å²) in [5.74, 6) is -0.0481. The molecule has 2 amide bonds. The third-order valence-electron chi connectivity index (χ3n) is 4.36. The van der Waals surface area contributed by atoms with Crippen molar-refractivity contribution in [1.82, 2.24) is 14.8 Å². The maximum Gasteiger partial charge on any atom is 0.410 e. The molecule has 26 heavy (non-hydrogen) atoms. The van der Waals surface area contributed by atoms with Gasteiger partial charge in [0.1, 0.15) is 11.3 Å². The molecule has 140 valence electrons. The minimum atomic E-state index is -0.525. The second kappa shape index (κ2) is 6.95. The van der Waals surface area contributed by atoms with Gasteiger partial charge < -0.3 is 19.5 Å². The van der Waals surface area contributed by atoms with Gasteiger partial charge in [-0.1, -0.05) is 15.9 Å². The number of ether oxygens (including phenoxy) is 1. The van der Waals surface area contributed by atoms with E-state index in [1.54, 1.807) is 9.80 Å². The van der Waals surface area contributed by atoms with E-state index in [4.69, 9.17) is 4.74 Å². The van der Waals surface area contributed by atoms with Crippen molar-refractivity contribution in [2.24, 2.45) is 0 Å². The van der Waals surface area contributed by atoms with Gasteiger partial charge in [0.15, 0.2) is 0 Å². The number of benzene rings is 1. The highest BCUT2D eigenvalue weighted by Gasteiger charge is 2.33. The Morgan fingerprint density at radius 2 is 1.96 bits per heavy atom. The van der Waals surface area contributed by atoms with Crippen LogP contribution in [-0.4, -0.2) is 58.1 Å². The molecule has 6 nitrogen and oxygen atoms in total. The van der Waals surface area contributed by atoms with Crippen LogP contribution in [0.5, 0.6) is 0 Å². The number of halogens is 1. The van der Waals surface area contributed by atoms with E-state index in [0.29, 0.717) is 25.3 Å². The maximum atomic E-state index is 12.9. The van der Waals surface area contributed by atoms with E-state index in [2.05, 4.69) is 20.9 Å². The molecule has 7 heteroatoms. The molecule has 1 aliphatic rings. The maximum absolute atomic E-state index is 12.9. The number of rotatable bonds is 1. The van der Waals surface area contributed by atoms with Crippen molar-refractivity contribution in [3.63, 3.8) is 0 Å². The number of nitrogens with one attached hydrogen (secondary N) is 1. The van der Waals surface area contributed by atoms with Crippen molar-refractivity contribution < 1.29 is 14.3 Å². The summed E-state index contributed by atoms with van der Waals surface area (Å²) in [5.41, 5.74) is 0.968. The fraction of sp³-hybridized carbons (Fsp3) is 0.474. The van der Waals surface area contributed by atoms with Gasteiger partial charge in [0.2, 0.25) is 0 Å². The number of hydrogen-bond acceptors (Lipinski definition) is 3. The van der Waals surface area contributed by atoms with E-state index in [1.165, 1.54) is 0 Å². The molecule has 1 aromatic heterocycles. The zero-order valence-electron chi connectivity index (χ0n) is 15.5. The van der Waals surface area contributed by atoms with Gasteiger partial charge in [0.25, 0.3) is 5.91 Å². The molecule has 0 saturated carbocycles.